The lowest BCUT2D eigenvalue weighted by Crippen LogP contribution is -2.60. The summed E-state index contributed by atoms with van der Waals surface area (Å²) in [6, 6.07) is -0.719. The highest BCUT2D eigenvalue weighted by atomic mass is 32.3. The molecule has 6 N–H and O–H groups in total. The van der Waals surface area contributed by atoms with Crippen molar-refractivity contribution in [3.05, 3.63) is 24.3 Å². The molecule has 1 heterocycles. The maximum absolute atomic E-state index is 13.1. The number of ether oxygens (including phenoxy) is 1. The molecule has 1 amide bonds. The maximum Gasteiger partial charge on any atom is 0.397 e. The van der Waals surface area contributed by atoms with E-state index in [0.717, 1.165) is 44.9 Å². The summed E-state index contributed by atoms with van der Waals surface area (Å²) >= 11 is 0. The molecule has 1 aliphatic rings. The fourth-order valence-corrected chi connectivity index (χ4v) is 8.65. The first kappa shape index (κ1) is 56.6. The van der Waals surface area contributed by atoms with Crippen LogP contribution in [-0.4, -0.2) is 88.6 Å². The number of allylic oxidation sites excluding steroid dienone is 3. The van der Waals surface area contributed by atoms with E-state index in [4.69, 9.17) is 4.74 Å². The third-order valence-electron chi connectivity index (χ3n) is 11.9. The van der Waals surface area contributed by atoms with E-state index in [1.54, 1.807) is 6.08 Å². The van der Waals surface area contributed by atoms with E-state index >= 15 is 0 Å². The van der Waals surface area contributed by atoms with Gasteiger partial charge < -0.3 is 30.5 Å². The van der Waals surface area contributed by atoms with Crippen molar-refractivity contribution in [3.63, 3.8) is 0 Å². The Morgan fingerprint density at radius 2 is 1.03 bits per heavy atom. The molecule has 60 heavy (non-hydrogen) atoms. The average Bonchev–Trinajstić information content (AvgIpc) is 3.22. The largest absolute Gasteiger partial charge is 0.397 e. The summed E-state index contributed by atoms with van der Waals surface area (Å²) in [5.41, 5.74) is 0. The van der Waals surface area contributed by atoms with E-state index in [1.807, 2.05) is 6.08 Å². The monoisotopic (exact) mass is 874 g/mol. The predicted molar refractivity (Wildman–Crippen MR) is 244 cm³/mol. The molecule has 0 radical (unpaired) electrons. The molecule has 0 spiro atoms. The number of aliphatic hydroxyl groups excluding tert-OH is 4. The summed E-state index contributed by atoms with van der Waals surface area (Å²) in [7, 11) is -5.03. The highest BCUT2D eigenvalue weighted by molar-refractivity contribution is 7.80. The van der Waals surface area contributed by atoms with Gasteiger partial charge in [0.15, 0.2) is 0 Å². The number of carbonyl (C=O) groups excluding carboxylic acids is 1. The van der Waals surface area contributed by atoms with E-state index in [1.165, 1.54) is 148 Å². The molecular weight excluding hydrogens is 783 g/mol. The van der Waals surface area contributed by atoms with Crippen LogP contribution in [0.1, 0.15) is 226 Å². The number of hydrogen-bond donors (Lipinski definition) is 6. The van der Waals surface area contributed by atoms with Gasteiger partial charge >= 0.3 is 10.4 Å². The zero-order chi connectivity index (χ0) is 44.1. The standard InChI is InChI=1S/C48H91NO10S/c1-3-5-7-9-11-13-15-17-18-19-20-21-22-23-24-25-27-29-31-33-35-37-45(52)49-41(42(51)36-34-32-30-28-26-16-14-12-10-8-6-4-2)38-39-43-46(53)48(59-60(55,56)57)47(54)44(40-50)58-43/h17-18,34,36,41-44,46-48,50-51,53-54H,3-16,19-33,35,37-40H2,1-2H3,(H,49,52)(H,55,56,57)/b18-17-,36-34+/t41-,42+,43-,44+,46-,47-,48+/m0/s1. The topological polar surface area (TPSA) is 183 Å². The molecule has 1 rings (SSSR count). The van der Waals surface area contributed by atoms with Crippen LogP contribution in [0.3, 0.4) is 0 Å². The maximum atomic E-state index is 13.1. The Morgan fingerprint density at radius 1 is 0.633 bits per heavy atom. The van der Waals surface area contributed by atoms with Crippen LogP contribution in [0, 0.1) is 0 Å². The van der Waals surface area contributed by atoms with E-state index in [9.17, 15) is 38.2 Å². The second-order valence-electron chi connectivity index (χ2n) is 17.5. The second kappa shape index (κ2) is 38.1. The minimum Gasteiger partial charge on any atom is -0.394 e. The van der Waals surface area contributed by atoms with E-state index in [-0.39, 0.29) is 18.7 Å². The minimum absolute atomic E-state index is 0.0424. The van der Waals surface area contributed by atoms with Crippen molar-refractivity contribution in [2.24, 2.45) is 0 Å². The molecule has 0 aliphatic carbocycles. The van der Waals surface area contributed by atoms with E-state index in [2.05, 4.69) is 35.5 Å². The lowest BCUT2D eigenvalue weighted by Gasteiger charge is -2.41. The number of amides is 1. The third kappa shape index (κ3) is 30.6. The van der Waals surface area contributed by atoms with Crippen molar-refractivity contribution in [2.45, 2.75) is 268 Å². The number of aliphatic hydroxyl groups is 4. The Bertz CT molecular complexity index is 1170. The van der Waals surface area contributed by atoms with Gasteiger partial charge in [0.25, 0.3) is 0 Å². The molecular formula is C48H91NO10S. The molecule has 1 fully saturated rings. The molecule has 11 nitrogen and oxygen atoms in total. The molecule has 0 unspecified atom stereocenters. The Kier molecular flexibility index (Phi) is 36.0. The van der Waals surface area contributed by atoms with Crippen molar-refractivity contribution < 1.29 is 47.1 Å². The van der Waals surface area contributed by atoms with Crippen molar-refractivity contribution in [2.75, 3.05) is 6.61 Å². The fourth-order valence-electron chi connectivity index (χ4n) is 8.14. The number of hydrogen-bond acceptors (Lipinski definition) is 9. The summed E-state index contributed by atoms with van der Waals surface area (Å²) in [6.07, 6.45) is 37.0. The van der Waals surface area contributed by atoms with Crippen LogP contribution in [0.25, 0.3) is 0 Å². The van der Waals surface area contributed by atoms with Gasteiger partial charge in [-0.15, -0.1) is 0 Å². The Labute approximate surface area is 366 Å². The highest BCUT2D eigenvalue weighted by Gasteiger charge is 2.47. The van der Waals surface area contributed by atoms with Crippen LogP contribution < -0.4 is 5.32 Å². The van der Waals surface area contributed by atoms with Crippen molar-refractivity contribution in [1.29, 1.82) is 0 Å². The van der Waals surface area contributed by atoms with Gasteiger partial charge in [0.2, 0.25) is 5.91 Å². The van der Waals surface area contributed by atoms with Gasteiger partial charge in [-0.25, -0.2) is 4.18 Å². The normalized spacial score (nSPS) is 20.9. The van der Waals surface area contributed by atoms with Gasteiger partial charge in [0.05, 0.1) is 24.9 Å². The summed E-state index contributed by atoms with van der Waals surface area (Å²) in [5, 5.41) is 45.1. The minimum atomic E-state index is -5.03. The van der Waals surface area contributed by atoms with Crippen LogP contribution in [0.4, 0.5) is 0 Å². The van der Waals surface area contributed by atoms with Crippen molar-refractivity contribution >= 4 is 16.3 Å². The molecule has 0 aromatic carbocycles. The van der Waals surface area contributed by atoms with Gasteiger partial charge in [-0.3, -0.25) is 9.35 Å². The lowest BCUT2D eigenvalue weighted by atomic mass is 9.91. The smallest absolute Gasteiger partial charge is 0.394 e. The van der Waals surface area contributed by atoms with Crippen LogP contribution in [-0.2, 0) is 24.1 Å². The number of unbranched alkanes of at least 4 members (excludes halogenated alkanes) is 27. The summed E-state index contributed by atoms with van der Waals surface area (Å²) < 4.78 is 42.3. The van der Waals surface area contributed by atoms with Crippen molar-refractivity contribution in [3.8, 4) is 0 Å². The molecule has 1 aliphatic heterocycles. The van der Waals surface area contributed by atoms with Crippen molar-refractivity contribution in [1.82, 2.24) is 5.32 Å². The van der Waals surface area contributed by atoms with Crippen LogP contribution in [0.5, 0.6) is 0 Å². The zero-order valence-corrected chi connectivity index (χ0v) is 38.9. The predicted octanol–water partition coefficient (Wildman–Crippen LogP) is 10.5. The van der Waals surface area contributed by atoms with Crippen LogP contribution in [0.15, 0.2) is 24.3 Å². The van der Waals surface area contributed by atoms with Gasteiger partial charge in [0.1, 0.15) is 24.4 Å². The number of carbonyl (C=O) groups is 1. The summed E-state index contributed by atoms with van der Waals surface area (Å²) in [5.74, 6) is -0.184. The number of nitrogens with one attached hydrogen (secondary N) is 1. The molecule has 0 bridgehead atoms. The molecule has 0 saturated carbocycles. The molecule has 354 valence electrons. The highest BCUT2D eigenvalue weighted by Crippen LogP contribution is 2.28. The van der Waals surface area contributed by atoms with Gasteiger partial charge in [-0.2, -0.15) is 8.42 Å². The first-order valence-corrected chi connectivity index (χ1v) is 26.0. The van der Waals surface area contributed by atoms with Gasteiger partial charge in [-0.1, -0.05) is 186 Å². The first-order valence-electron chi connectivity index (χ1n) is 24.6. The Morgan fingerprint density at radius 3 is 1.47 bits per heavy atom. The molecule has 1 saturated heterocycles. The van der Waals surface area contributed by atoms with Gasteiger partial charge in [0, 0.05) is 6.42 Å². The molecule has 7 atom stereocenters. The Balaban J connectivity index is 2.44. The Hall–Kier alpha value is -1.38. The first-order chi connectivity index (χ1) is 29.0. The quantitative estimate of drug-likeness (QED) is 0.0196. The molecule has 0 aromatic rings. The lowest BCUT2D eigenvalue weighted by molar-refractivity contribution is -0.224. The SMILES string of the molecule is CCCCCCCC/C=C\CCCCCCCCCCCCCC(=O)N[C@@H](CC[C@@H]1O[C@H](CO)[C@H](O)[C@H](OS(=O)(=O)O)[C@H]1O)[C@H](O)/C=C/CCCCCCCCCCCC. The average molecular weight is 874 g/mol. The van der Waals surface area contributed by atoms with E-state index < -0.39 is 59.7 Å². The molecule has 0 aromatic heterocycles. The van der Waals surface area contributed by atoms with Crippen LogP contribution >= 0.6 is 0 Å². The summed E-state index contributed by atoms with van der Waals surface area (Å²) in [6.45, 7) is 3.81. The zero-order valence-electron chi connectivity index (χ0n) is 38.1. The van der Waals surface area contributed by atoms with Gasteiger partial charge in [-0.05, 0) is 57.8 Å². The van der Waals surface area contributed by atoms with Crippen LogP contribution in [0.2, 0.25) is 0 Å². The van der Waals surface area contributed by atoms with E-state index in [0.29, 0.717) is 6.42 Å². The second-order valence-corrected chi connectivity index (χ2v) is 18.5. The fraction of sp³-hybridized carbons (Fsp3) is 0.896. The summed E-state index contributed by atoms with van der Waals surface area (Å²) in [4.78, 5) is 13.1. The molecule has 12 heteroatoms. The third-order valence-corrected chi connectivity index (χ3v) is 12.4. The number of rotatable bonds is 41.